The lowest BCUT2D eigenvalue weighted by Crippen LogP contribution is -2.36. The van der Waals surface area contributed by atoms with E-state index in [2.05, 4.69) is 15.0 Å². The number of benzene rings is 1. The summed E-state index contributed by atoms with van der Waals surface area (Å²) >= 11 is 0. The molecule has 1 aliphatic rings. The SMILES string of the molecule is N#Cc1ccc(CN2CCC[C@@H](Cn3cncn3)C2)c(F)c1. The molecule has 0 bridgehead atoms. The van der Waals surface area contributed by atoms with Crippen molar-refractivity contribution < 1.29 is 4.39 Å². The number of nitriles is 1. The molecule has 22 heavy (non-hydrogen) atoms. The van der Waals surface area contributed by atoms with Gasteiger partial charge in [-0.3, -0.25) is 9.58 Å². The van der Waals surface area contributed by atoms with Crippen LogP contribution in [0.15, 0.2) is 30.9 Å². The molecule has 1 atom stereocenters. The van der Waals surface area contributed by atoms with Crippen molar-refractivity contribution >= 4 is 0 Å². The van der Waals surface area contributed by atoms with E-state index in [4.69, 9.17) is 5.26 Å². The molecule has 0 aliphatic carbocycles. The van der Waals surface area contributed by atoms with Crippen LogP contribution in [-0.4, -0.2) is 32.8 Å². The highest BCUT2D eigenvalue weighted by Gasteiger charge is 2.21. The number of hydrogen-bond donors (Lipinski definition) is 0. The third-order valence-corrected chi connectivity index (χ3v) is 4.09. The van der Waals surface area contributed by atoms with Gasteiger partial charge in [-0.1, -0.05) is 6.07 Å². The number of aromatic nitrogens is 3. The molecule has 6 heteroatoms. The molecule has 3 rings (SSSR count). The zero-order valence-electron chi connectivity index (χ0n) is 12.3. The molecule has 2 aromatic rings. The van der Waals surface area contributed by atoms with Gasteiger partial charge in [0, 0.05) is 25.2 Å². The van der Waals surface area contributed by atoms with Gasteiger partial charge in [-0.2, -0.15) is 10.4 Å². The number of rotatable bonds is 4. The number of likely N-dealkylation sites (tertiary alicyclic amines) is 1. The zero-order chi connectivity index (χ0) is 15.4. The first-order valence-corrected chi connectivity index (χ1v) is 7.48. The summed E-state index contributed by atoms with van der Waals surface area (Å²) in [6, 6.07) is 6.67. The second-order valence-corrected chi connectivity index (χ2v) is 5.78. The molecule has 5 nitrogen and oxygen atoms in total. The van der Waals surface area contributed by atoms with E-state index in [9.17, 15) is 4.39 Å². The fraction of sp³-hybridized carbons (Fsp3) is 0.438. The van der Waals surface area contributed by atoms with E-state index in [-0.39, 0.29) is 5.82 Å². The van der Waals surface area contributed by atoms with E-state index >= 15 is 0 Å². The van der Waals surface area contributed by atoms with Gasteiger partial charge in [0.15, 0.2) is 0 Å². The molecule has 1 fully saturated rings. The summed E-state index contributed by atoms with van der Waals surface area (Å²) in [6.45, 7) is 3.35. The van der Waals surface area contributed by atoms with Crippen molar-refractivity contribution in [1.29, 1.82) is 5.26 Å². The molecule has 0 saturated carbocycles. The maximum absolute atomic E-state index is 14.0. The first kappa shape index (κ1) is 14.7. The molecule has 0 unspecified atom stereocenters. The van der Waals surface area contributed by atoms with Crippen LogP contribution in [0.2, 0.25) is 0 Å². The van der Waals surface area contributed by atoms with Gasteiger partial charge in [0.25, 0.3) is 0 Å². The summed E-state index contributed by atoms with van der Waals surface area (Å²) in [5, 5.41) is 12.9. The predicted molar refractivity (Wildman–Crippen MR) is 79.1 cm³/mol. The van der Waals surface area contributed by atoms with Crippen molar-refractivity contribution in [2.75, 3.05) is 13.1 Å². The van der Waals surface area contributed by atoms with E-state index in [0.717, 1.165) is 32.5 Å². The fourth-order valence-electron chi connectivity index (χ4n) is 3.02. The summed E-state index contributed by atoms with van der Waals surface area (Å²) in [7, 11) is 0. The standard InChI is InChI=1S/C16H18FN5/c17-16-6-13(7-18)3-4-15(16)10-21-5-1-2-14(8-21)9-22-12-19-11-20-22/h3-4,6,11-12,14H,1-2,5,8-10H2/t14-/m1/s1. The fourth-order valence-corrected chi connectivity index (χ4v) is 3.02. The van der Waals surface area contributed by atoms with Gasteiger partial charge < -0.3 is 0 Å². The number of halogens is 1. The minimum absolute atomic E-state index is 0.294. The molecule has 114 valence electrons. The zero-order valence-corrected chi connectivity index (χ0v) is 12.3. The minimum Gasteiger partial charge on any atom is -0.299 e. The van der Waals surface area contributed by atoms with Crippen LogP contribution in [0, 0.1) is 23.1 Å². The maximum atomic E-state index is 14.0. The minimum atomic E-state index is -0.294. The number of nitrogens with zero attached hydrogens (tertiary/aromatic N) is 5. The molecule has 1 aromatic carbocycles. The second kappa shape index (κ2) is 6.67. The Kier molecular flexibility index (Phi) is 4.45. The number of hydrogen-bond acceptors (Lipinski definition) is 4. The first-order valence-electron chi connectivity index (χ1n) is 7.48. The molecule has 0 spiro atoms. The van der Waals surface area contributed by atoms with Crippen LogP contribution in [-0.2, 0) is 13.1 Å². The molecule has 2 heterocycles. The summed E-state index contributed by atoms with van der Waals surface area (Å²) in [4.78, 5) is 6.24. The van der Waals surface area contributed by atoms with Gasteiger partial charge in [-0.15, -0.1) is 0 Å². The van der Waals surface area contributed by atoms with Gasteiger partial charge in [-0.25, -0.2) is 9.37 Å². The Morgan fingerprint density at radius 1 is 1.41 bits per heavy atom. The topological polar surface area (TPSA) is 57.7 Å². The smallest absolute Gasteiger partial charge is 0.137 e. The highest BCUT2D eigenvalue weighted by molar-refractivity contribution is 5.32. The Labute approximate surface area is 129 Å². The first-order chi connectivity index (χ1) is 10.7. The largest absolute Gasteiger partial charge is 0.299 e. The Hall–Kier alpha value is -2.26. The third kappa shape index (κ3) is 3.49. The average molecular weight is 299 g/mol. The van der Waals surface area contributed by atoms with Gasteiger partial charge >= 0.3 is 0 Å². The normalized spacial score (nSPS) is 19.0. The molecule has 0 N–H and O–H groups in total. The van der Waals surface area contributed by atoms with Crippen molar-refractivity contribution in [2.45, 2.75) is 25.9 Å². The molecular formula is C16H18FN5. The Morgan fingerprint density at radius 2 is 2.32 bits per heavy atom. The third-order valence-electron chi connectivity index (χ3n) is 4.09. The summed E-state index contributed by atoms with van der Waals surface area (Å²) in [6.07, 6.45) is 5.55. The quantitative estimate of drug-likeness (QED) is 0.868. The van der Waals surface area contributed by atoms with Gasteiger partial charge in [0.05, 0.1) is 11.6 Å². The van der Waals surface area contributed by atoms with Crippen LogP contribution >= 0.6 is 0 Å². The molecule has 1 aromatic heterocycles. The van der Waals surface area contributed by atoms with E-state index in [1.165, 1.54) is 6.07 Å². The molecule has 1 saturated heterocycles. The summed E-state index contributed by atoms with van der Waals surface area (Å²) < 4.78 is 15.9. The lowest BCUT2D eigenvalue weighted by Gasteiger charge is -2.32. The van der Waals surface area contributed by atoms with Crippen molar-refractivity contribution in [3.05, 3.63) is 47.8 Å². The molecule has 0 radical (unpaired) electrons. The van der Waals surface area contributed by atoms with Crippen LogP contribution in [0.5, 0.6) is 0 Å². The van der Waals surface area contributed by atoms with Crippen LogP contribution in [0.3, 0.4) is 0 Å². The van der Waals surface area contributed by atoms with Crippen molar-refractivity contribution in [2.24, 2.45) is 5.92 Å². The van der Waals surface area contributed by atoms with Crippen LogP contribution in [0.4, 0.5) is 4.39 Å². The highest BCUT2D eigenvalue weighted by atomic mass is 19.1. The number of piperidine rings is 1. The average Bonchev–Trinajstić information content (AvgIpc) is 3.02. The second-order valence-electron chi connectivity index (χ2n) is 5.78. The van der Waals surface area contributed by atoms with E-state index < -0.39 is 0 Å². The molecular weight excluding hydrogens is 281 g/mol. The molecule has 1 aliphatic heterocycles. The van der Waals surface area contributed by atoms with Crippen molar-refractivity contribution in [3.8, 4) is 6.07 Å². The van der Waals surface area contributed by atoms with Crippen LogP contribution in [0.25, 0.3) is 0 Å². The Balaban J connectivity index is 1.61. The Bertz CT molecular complexity index is 662. The van der Waals surface area contributed by atoms with Gasteiger partial charge in [0.2, 0.25) is 0 Å². The summed E-state index contributed by atoms with van der Waals surface area (Å²) in [5.74, 6) is 0.217. The maximum Gasteiger partial charge on any atom is 0.137 e. The van der Waals surface area contributed by atoms with Crippen molar-refractivity contribution in [3.63, 3.8) is 0 Å². The van der Waals surface area contributed by atoms with Gasteiger partial charge in [0.1, 0.15) is 18.5 Å². The monoisotopic (exact) mass is 299 g/mol. The van der Waals surface area contributed by atoms with Crippen LogP contribution < -0.4 is 0 Å². The highest BCUT2D eigenvalue weighted by Crippen LogP contribution is 2.21. The van der Waals surface area contributed by atoms with E-state index in [1.54, 1.807) is 24.8 Å². The Morgan fingerprint density at radius 3 is 3.05 bits per heavy atom. The van der Waals surface area contributed by atoms with Crippen molar-refractivity contribution in [1.82, 2.24) is 19.7 Å². The molecule has 0 amide bonds. The lowest BCUT2D eigenvalue weighted by atomic mass is 9.97. The predicted octanol–water partition coefficient (Wildman–Crippen LogP) is 2.20. The van der Waals surface area contributed by atoms with Gasteiger partial charge in [-0.05, 0) is 37.4 Å². The van der Waals surface area contributed by atoms with Crippen LogP contribution in [0.1, 0.15) is 24.0 Å². The van der Waals surface area contributed by atoms with E-state index in [0.29, 0.717) is 23.6 Å². The summed E-state index contributed by atoms with van der Waals surface area (Å²) in [5.41, 5.74) is 1.02. The van der Waals surface area contributed by atoms with E-state index in [1.807, 2.05) is 10.8 Å². The lowest BCUT2D eigenvalue weighted by molar-refractivity contribution is 0.152.